The first kappa shape index (κ1) is 33.8. The van der Waals surface area contributed by atoms with Crippen molar-refractivity contribution in [1.29, 1.82) is 0 Å². The average molecular weight is 722 g/mol. The van der Waals surface area contributed by atoms with Crippen LogP contribution in [0.25, 0.3) is 10.6 Å². The number of thiazole rings is 1. The van der Waals surface area contributed by atoms with Gasteiger partial charge in [-0.3, -0.25) is 14.9 Å². The molecule has 47 heavy (non-hydrogen) atoms. The fraction of sp³-hybridized carbons (Fsp3) is 0.531. The Kier molecular flexibility index (Phi) is 9.89. The maximum atomic E-state index is 13.4. The van der Waals surface area contributed by atoms with Gasteiger partial charge in [-0.25, -0.2) is 14.8 Å². The number of rotatable bonds is 7. The van der Waals surface area contributed by atoms with E-state index in [1.54, 1.807) is 13.0 Å². The molecule has 0 radical (unpaired) electrons. The number of likely N-dealkylation sites (tertiary alicyclic amines) is 1. The van der Waals surface area contributed by atoms with Gasteiger partial charge in [0.15, 0.2) is 5.13 Å². The largest absolute Gasteiger partial charge is 0.466 e. The lowest BCUT2D eigenvalue weighted by Gasteiger charge is -2.32. The number of hydrogen-bond donors (Lipinski definition) is 1. The van der Waals surface area contributed by atoms with Crippen LogP contribution in [0.1, 0.15) is 57.3 Å². The van der Waals surface area contributed by atoms with Gasteiger partial charge in [-0.15, -0.1) is 11.3 Å². The second kappa shape index (κ2) is 13.8. The summed E-state index contributed by atoms with van der Waals surface area (Å²) in [7, 11) is 0. The molecule has 6 heterocycles. The third kappa shape index (κ3) is 7.48. The van der Waals surface area contributed by atoms with Crippen LogP contribution < -0.4 is 15.1 Å². The zero-order valence-corrected chi connectivity index (χ0v) is 29.9. The van der Waals surface area contributed by atoms with E-state index >= 15 is 0 Å². The van der Waals surface area contributed by atoms with Crippen molar-refractivity contribution in [1.82, 2.24) is 14.9 Å². The van der Waals surface area contributed by atoms with Gasteiger partial charge in [-0.2, -0.15) is 0 Å². The molecule has 0 bridgehead atoms. The molecule has 3 aromatic heterocycles. The standard InChI is InChI=1S/C32H38Cl2N6O5S2/c1-5-44-29(42)18-6-9-38(10-7-18)26-22(34)12-20(14-35-26)27(41)37-30-36-25(24-13-21(33)17-46-24)28(47-30)39-15-19-8-11-40(23(19)16-39)31(43)45-32(2,3)4/h12-14,17-19,23H,5-11,15-16H2,1-4H3,(H,36,37,41). The van der Waals surface area contributed by atoms with Crippen LogP contribution in [-0.2, 0) is 14.3 Å². The maximum absolute atomic E-state index is 13.4. The van der Waals surface area contributed by atoms with Gasteiger partial charge in [-0.05, 0) is 59.1 Å². The lowest BCUT2D eigenvalue weighted by molar-refractivity contribution is -0.148. The van der Waals surface area contributed by atoms with E-state index in [0.717, 1.165) is 28.5 Å². The highest BCUT2D eigenvalue weighted by atomic mass is 35.5. The highest BCUT2D eigenvalue weighted by molar-refractivity contribution is 7.21. The first-order valence-corrected chi connectivity index (χ1v) is 18.2. The lowest BCUT2D eigenvalue weighted by atomic mass is 9.97. The number of hydrogen-bond acceptors (Lipinski definition) is 11. The summed E-state index contributed by atoms with van der Waals surface area (Å²) >= 11 is 15.8. The number of nitrogens with one attached hydrogen (secondary N) is 1. The Morgan fingerprint density at radius 1 is 1.06 bits per heavy atom. The van der Waals surface area contributed by atoms with Gasteiger partial charge in [0.25, 0.3) is 5.91 Å². The minimum atomic E-state index is -0.563. The van der Waals surface area contributed by atoms with E-state index in [0.29, 0.717) is 78.1 Å². The molecule has 15 heteroatoms. The number of esters is 1. The summed E-state index contributed by atoms with van der Waals surface area (Å²) in [5.74, 6) is 0.225. The summed E-state index contributed by atoms with van der Waals surface area (Å²) in [4.78, 5) is 54.9. The van der Waals surface area contributed by atoms with E-state index < -0.39 is 5.60 Å². The van der Waals surface area contributed by atoms with Crippen LogP contribution in [0.15, 0.2) is 23.7 Å². The molecule has 0 aliphatic carbocycles. The first-order chi connectivity index (χ1) is 22.4. The Balaban J connectivity index is 1.16. The summed E-state index contributed by atoms with van der Waals surface area (Å²) in [6.07, 6.45) is 3.43. The number of carbonyl (C=O) groups is 3. The molecule has 6 rings (SSSR count). The highest BCUT2D eigenvalue weighted by Crippen LogP contribution is 2.45. The van der Waals surface area contributed by atoms with Gasteiger partial charge < -0.3 is 24.2 Å². The van der Waals surface area contributed by atoms with Crippen LogP contribution in [-0.4, -0.2) is 83.8 Å². The van der Waals surface area contributed by atoms with Crippen LogP contribution in [0.3, 0.4) is 0 Å². The van der Waals surface area contributed by atoms with Crippen molar-refractivity contribution >= 4 is 79.8 Å². The highest BCUT2D eigenvalue weighted by Gasteiger charge is 2.45. The van der Waals surface area contributed by atoms with Crippen LogP contribution in [0.5, 0.6) is 0 Å². The van der Waals surface area contributed by atoms with Crippen LogP contribution in [0, 0.1) is 11.8 Å². The monoisotopic (exact) mass is 720 g/mol. The summed E-state index contributed by atoms with van der Waals surface area (Å²) < 4.78 is 10.9. The second-order valence-corrected chi connectivity index (χ2v) is 15.7. The minimum absolute atomic E-state index is 0.0347. The molecular weight excluding hydrogens is 683 g/mol. The normalized spacial score (nSPS) is 20.0. The van der Waals surface area contributed by atoms with E-state index in [1.807, 2.05) is 42.0 Å². The second-order valence-electron chi connectivity index (χ2n) is 13.0. The van der Waals surface area contributed by atoms with E-state index in [2.05, 4.69) is 15.2 Å². The van der Waals surface area contributed by atoms with Crippen molar-refractivity contribution in [3.63, 3.8) is 0 Å². The molecule has 3 aromatic rings. The van der Waals surface area contributed by atoms with Gasteiger partial charge in [0, 0.05) is 50.2 Å². The van der Waals surface area contributed by atoms with Gasteiger partial charge >= 0.3 is 12.1 Å². The number of aromatic nitrogens is 2. The van der Waals surface area contributed by atoms with Gasteiger partial charge in [0.2, 0.25) is 0 Å². The zero-order valence-electron chi connectivity index (χ0n) is 26.8. The molecule has 2 unspecified atom stereocenters. The molecule has 3 aliphatic rings. The van der Waals surface area contributed by atoms with Gasteiger partial charge in [-0.1, -0.05) is 34.5 Å². The molecule has 3 fully saturated rings. The average Bonchev–Trinajstić information content (AvgIpc) is 3.80. The minimum Gasteiger partial charge on any atom is -0.466 e. The number of nitrogens with zero attached hydrogens (tertiary/aromatic N) is 5. The predicted octanol–water partition coefficient (Wildman–Crippen LogP) is 7.05. The number of piperidine rings is 1. The van der Waals surface area contributed by atoms with E-state index in [1.165, 1.54) is 28.9 Å². The summed E-state index contributed by atoms with van der Waals surface area (Å²) in [6, 6.07) is 3.52. The van der Waals surface area contributed by atoms with Crippen LogP contribution in [0.2, 0.25) is 10.0 Å². The molecule has 2 amide bonds. The molecule has 11 nitrogen and oxygen atoms in total. The Bertz CT molecular complexity index is 1650. The number of pyridine rings is 1. The Morgan fingerprint density at radius 3 is 2.49 bits per heavy atom. The number of anilines is 3. The first-order valence-electron chi connectivity index (χ1n) is 15.8. The topological polar surface area (TPSA) is 117 Å². The SMILES string of the molecule is CCOC(=O)C1CCN(c2ncc(C(=O)Nc3nc(-c4cc(Cl)cs4)c(N4CC5CCN(C(=O)OC(C)(C)C)C5C4)s3)cc2Cl)CC1. The van der Waals surface area contributed by atoms with Crippen molar-refractivity contribution < 1.29 is 23.9 Å². The van der Waals surface area contributed by atoms with Crippen molar-refractivity contribution in [2.45, 2.75) is 58.6 Å². The molecule has 2 atom stereocenters. The van der Waals surface area contributed by atoms with Crippen LogP contribution in [0.4, 0.5) is 20.7 Å². The molecule has 1 N–H and O–H groups in total. The number of ether oxygens (including phenoxy) is 2. The quantitative estimate of drug-likeness (QED) is 0.256. The summed E-state index contributed by atoms with van der Waals surface area (Å²) in [5, 5.41) is 7.13. The predicted molar refractivity (Wildman–Crippen MR) is 186 cm³/mol. The Hall–Kier alpha value is -3.13. The molecule has 0 aromatic carbocycles. The van der Waals surface area contributed by atoms with Crippen molar-refractivity contribution in [2.24, 2.45) is 11.8 Å². The summed E-state index contributed by atoms with van der Waals surface area (Å²) in [6.45, 7) is 11.1. The number of carbonyl (C=O) groups excluding carboxylic acids is 3. The fourth-order valence-corrected chi connectivity index (χ4v) is 8.80. The van der Waals surface area contributed by atoms with Crippen molar-refractivity contribution in [3.8, 4) is 10.6 Å². The van der Waals surface area contributed by atoms with E-state index in [-0.39, 0.29) is 29.9 Å². The fourth-order valence-electron chi connectivity index (χ4n) is 6.40. The van der Waals surface area contributed by atoms with E-state index in [9.17, 15) is 14.4 Å². The Morgan fingerprint density at radius 2 is 1.83 bits per heavy atom. The molecule has 0 spiro atoms. The molecule has 252 valence electrons. The van der Waals surface area contributed by atoms with Crippen LogP contribution >= 0.6 is 45.9 Å². The molecular formula is C32H38Cl2N6O5S2. The third-order valence-corrected chi connectivity index (χ3v) is 11.2. The molecule has 3 aliphatic heterocycles. The van der Waals surface area contributed by atoms with Gasteiger partial charge in [0.05, 0.1) is 39.1 Å². The van der Waals surface area contributed by atoms with Crippen molar-refractivity contribution in [3.05, 3.63) is 39.3 Å². The lowest BCUT2D eigenvalue weighted by Crippen LogP contribution is -2.42. The number of fused-ring (bicyclic) bond motifs is 1. The number of thiophene rings is 1. The number of halogens is 2. The smallest absolute Gasteiger partial charge is 0.410 e. The third-order valence-electron chi connectivity index (χ3n) is 8.59. The molecule has 3 saturated heterocycles. The maximum Gasteiger partial charge on any atom is 0.410 e. The molecule has 0 saturated carbocycles. The Labute approximate surface area is 292 Å². The summed E-state index contributed by atoms with van der Waals surface area (Å²) in [5.41, 5.74) is 0.483. The van der Waals surface area contributed by atoms with E-state index in [4.69, 9.17) is 37.7 Å². The zero-order chi connectivity index (χ0) is 33.5. The van der Waals surface area contributed by atoms with Gasteiger partial charge in [0.1, 0.15) is 22.1 Å². The van der Waals surface area contributed by atoms with Crippen molar-refractivity contribution in [2.75, 3.05) is 54.4 Å². The number of amides is 2.